The second kappa shape index (κ2) is 9.98. The van der Waals surface area contributed by atoms with Gasteiger partial charge in [0.25, 0.3) is 5.69 Å². The summed E-state index contributed by atoms with van der Waals surface area (Å²) in [7, 11) is 0. The number of nitrogens with zero attached hydrogens (tertiary/aromatic N) is 3. The third kappa shape index (κ3) is 5.21. The lowest BCUT2D eigenvalue weighted by molar-refractivity contribution is -0.385. The summed E-state index contributed by atoms with van der Waals surface area (Å²) in [4.78, 5) is 28.7. The third-order valence-electron chi connectivity index (χ3n) is 4.82. The molecule has 30 heavy (non-hydrogen) atoms. The van der Waals surface area contributed by atoms with Crippen LogP contribution in [-0.4, -0.2) is 20.4 Å². The zero-order chi connectivity index (χ0) is 21.5. The number of aromatic nitrogens is 2. The highest BCUT2D eigenvalue weighted by Gasteiger charge is 2.17. The van der Waals surface area contributed by atoms with E-state index in [0.29, 0.717) is 29.8 Å². The molecule has 1 aromatic carbocycles. The second-order valence-electron chi connectivity index (χ2n) is 6.96. The van der Waals surface area contributed by atoms with Gasteiger partial charge in [0, 0.05) is 34.9 Å². The van der Waals surface area contributed by atoms with E-state index >= 15 is 0 Å². The number of nitrogens with two attached hydrogens (primary N) is 1. The molecule has 0 bridgehead atoms. The first-order valence-corrected chi connectivity index (χ1v) is 10.7. The van der Waals surface area contributed by atoms with Crippen LogP contribution in [0.25, 0.3) is 6.08 Å². The molecule has 7 nitrogen and oxygen atoms in total. The standard InChI is InChI=1S/C22H24N4O3S/c1-2-3-10-21-24-14-18(12-17(22(23)27)13-19-8-6-11-30-19)25(21)15-16-7-4-5-9-20(16)26(28)29/h4-9,11-12,14H,2-3,10,13,15H2,1H3,(H2,23,27)/b17-12+. The summed E-state index contributed by atoms with van der Waals surface area (Å²) >= 11 is 1.56. The van der Waals surface area contributed by atoms with Crippen LogP contribution >= 0.6 is 11.3 Å². The molecule has 0 aliphatic rings. The number of hydrogen-bond donors (Lipinski definition) is 1. The fourth-order valence-corrected chi connectivity index (χ4v) is 3.97. The maximum atomic E-state index is 12.1. The van der Waals surface area contributed by atoms with E-state index in [-0.39, 0.29) is 10.6 Å². The molecule has 8 heteroatoms. The Bertz CT molecular complexity index is 1050. The fraction of sp³-hybridized carbons (Fsp3) is 0.273. The molecule has 0 radical (unpaired) electrons. The largest absolute Gasteiger partial charge is 0.366 e. The van der Waals surface area contributed by atoms with Gasteiger partial charge < -0.3 is 10.3 Å². The molecule has 156 valence electrons. The van der Waals surface area contributed by atoms with E-state index in [2.05, 4.69) is 11.9 Å². The lowest BCUT2D eigenvalue weighted by Gasteiger charge is -2.12. The molecule has 0 saturated carbocycles. The van der Waals surface area contributed by atoms with Crippen molar-refractivity contribution in [2.75, 3.05) is 0 Å². The number of amides is 1. The van der Waals surface area contributed by atoms with E-state index in [1.165, 1.54) is 6.07 Å². The summed E-state index contributed by atoms with van der Waals surface area (Å²) in [6.45, 7) is 2.40. The van der Waals surface area contributed by atoms with Gasteiger partial charge in [-0.1, -0.05) is 37.6 Å². The minimum atomic E-state index is -0.489. The van der Waals surface area contributed by atoms with E-state index in [1.807, 2.05) is 22.1 Å². The summed E-state index contributed by atoms with van der Waals surface area (Å²) < 4.78 is 1.94. The van der Waals surface area contributed by atoms with Gasteiger partial charge in [-0.3, -0.25) is 14.9 Å². The van der Waals surface area contributed by atoms with E-state index < -0.39 is 5.91 Å². The SMILES string of the molecule is CCCCc1ncc(/C=C(\Cc2cccs2)C(N)=O)n1Cc1ccccc1[N+](=O)[O-]. The molecular formula is C22H24N4O3S. The fourth-order valence-electron chi connectivity index (χ4n) is 3.24. The van der Waals surface area contributed by atoms with Crippen LogP contribution in [0.1, 0.15) is 41.7 Å². The lowest BCUT2D eigenvalue weighted by Crippen LogP contribution is -2.16. The molecule has 2 heterocycles. The quantitative estimate of drug-likeness (QED) is 0.297. The number of benzene rings is 1. The molecule has 1 amide bonds. The van der Waals surface area contributed by atoms with Gasteiger partial charge in [0.1, 0.15) is 5.82 Å². The van der Waals surface area contributed by atoms with Crippen LogP contribution in [-0.2, 0) is 24.2 Å². The molecule has 3 aromatic rings. The molecule has 0 spiro atoms. The van der Waals surface area contributed by atoms with Crippen LogP contribution in [0.2, 0.25) is 0 Å². The molecule has 0 saturated heterocycles. The maximum absolute atomic E-state index is 12.1. The van der Waals surface area contributed by atoms with Crippen LogP contribution in [0.3, 0.4) is 0 Å². The number of thiophene rings is 1. The summed E-state index contributed by atoms with van der Waals surface area (Å²) in [6.07, 6.45) is 6.61. The molecular weight excluding hydrogens is 400 g/mol. The first-order chi connectivity index (χ1) is 14.5. The van der Waals surface area contributed by atoms with Crippen molar-refractivity contribution in [1.29, 1.82) is 0 Å². The highest BCUT2D eigenvalue weighted by Crippen LogP contribution is 2.23. The van der Waals surface area contributed by atoms with Gasteiger partial charge in [-0.25, -0.2) is 4.98 Å². The number of para-hydroxylation sites is 1. The average Bonchev–Trinajstić information content (AvgIpc) is 3.36. The summed E-state index contributed by atoms with van der Waals surface area (Å²) in [6, 6.07) is 10.6. The van der Waals surface area contributed by atoms with Gasteiger partial charge in [-0.2, -0.15) is 0 Å². The van der Waals surface area contributed by atoms with Crippen molar-refractivity contribution in [2.24, 2.45) is 5.73 Å². The van der Waals surface area contributed by atoms with Crippen LogP contribution < -0.4 is 5.73 Å². The number of unbranched alkanes of at least 4 members (excludes halogenated alkanes) is 1. The van der Waals surface area contributed by atoms with Gasteiger partial charge in [0.15, 0.2) is 0 Å². The zero-order valence-corrected chi connectivity index (χ0v) is 17.6. The number of rotatable bonds is 10. The van der Waals surface area contributed by atoms with Crippen molar-refractivity contribution >= 4 is 29.0 Å². The number of hydrogen-bond acceptors (Lipinski definition) is 5. The Labute approximate surface area is 179 Å². The van der Waals surface area contributed by atoms with E-state index in [0.717, 1.165) is 30.0 Å². The number of primary amides is 1. The minimum absolute atomic E-state index is 0.0660. The molecule has 0 atom stereocenters. The van der Waals surface area contributed by atoms with Crippen LogP contribution in [0, 0.1) is 10.1 Å². The number of carbonyl (C=O) groups excluding carboxylic acids is 1. The Morgan fingerprint density at radius 3 is 2.77 bits per heavy atom. The highest BCUT2D eigenvalue weighted by molar-refractivity contribution is 7.09. The number of nitro groups is 1. The second-order valence-corrected chi connectivity index (χ2v) is 8.00. The molecule has 3 rings (SSSR count). The predicted molar refractivity (Wildman–Crippen MR) is 118 cm³/mol. The molecule has 0 aliphatic heterocycles. The smallest absolute Gasteiger partial charge is 0.274 e. The molecule has 2 N–H and O–H groups in total. The molecule has 2 aromatic heterocycles. The van der Waals surface area contributed by atoms with Crippen LogP contribution in [0.15, 0.2) is 53.5 Å². The number of aryl methyl sites for hydroxylation is 1. The van der Waals surface area contributed by atoms with Crippen molar-refractivity contribution in [3.05, 3.63) is 85.6 Å². The van der Waals surface area contributed by atoms with Gasteiger partial charge in [0.05, 0.1) is 23.4 Å². The Balaban J connectivity index is 2.01. The van der Waals surface area contributed by atoms with Crippen LogP contribution in [0.5, 0.6) is 0 Å². The summed E-state index contributed by atoms with van der Waals surface area (Å²) in [5, 5.41) is 13.4. The van der Waals surface area contributed by atoms with Crippen molar-refractivity contribution < 1.29 is 9.72 Å². The normalized spacial score (nSPS) is 11.6. The van der Waals surface area contributed by atoms with Crippen molar-refractivity contribution in [3.63, 3.8) is 0 Å². The van der Waals surface area contributed by atoms with E-state index in [9.17, 15) is 14.9 Å². The van der Waals surface area contributed by atoms with Crippen molar-refractivity contribution in [3.8, 4) is 0 Å². The lowest BCUT2D eigenvalue weighted by atomic mass is 10.1. The number of carbonyl (C=O) groups is 1. The van der Waals surface area contributed by atoms with Crippen LogP contribution in [0.4, 0.5) is 5.69 Å². The minimum Gasteiger partial charge on any atom is -0.366 e. The van der Waals surface area contributed by atoms with E-state index in [1.54, 1.807) is 41.8 Å². The van der Waals surface area contributed by atoms with Gasteiger partial charge >= 0.3 is 0 Å². The Hall–Kier alpha value is -3.26. The van der Waals surface area contributed by atoms with Crippen molar-refractivity contribution in [1.82, 2.24) is 9.55 Å². The first-order valence-electron chi connectivity index (χ1n) is 9.79. The van der Waals surface area contributed by atoms with Crippen molar-refractivity contribution in [2.45, 2.75) is 39.2 Å². The summed E-state index contributed by atoms with van der Waals surface area (Å²) in [5.41, 5.74) is 7.48. The Kier molecular flexibility index (Phi) is 7.13. The number of nitro benzene ring substituents is 1. The topological polar surface area (TPSA) is 104 Å². The van der Waals surface area contributed by atoms with E-state index in [4.69, 9.17) is 5.73 Å². The van der Waals surface area contributed by atoms with Gasteiger partial charge in [-0.15, -0.1) is 11.3 Å². The highest BCUT2D eigenvalue weighted by atomic mass is 32.1. The monoisotopic (exact) mass is 424 g/mol. The number of imidazole rings is 1. The maximum Gasteiger partial charge on any atom is 0.274 e. The third-order valence-corrected chi connectivity index (χ3v) is 5.70. The average molecular weight is 425 g/mol. The Morgan fingerprint density at radius 2 is 2.10 bits per heavy atom. The Morgan fingerprint density at radius 1 is 1.30 bits per heavy atom. The molecule has 0 unspecified atom stereocenters. The molecule has 0 aliphatic carbocycles. The first kappa shape index (κ1) is 21.4. The molecule has 0 fully saturated rings. The zero-order valence-electron chi connectivity index (χ0n) is 16.8. The predicted octanol–water partition coefficient (Wildman–Crippen LogP) is 4.36. The summed E-state index contributed by atoms with van der Waals surface area (Å²) in [5.74, 6) is 0.346. The van der Waals surface area contributed by atoms with Gasteiger partial charge in [-0.05, 0) is 23.9 Å². The van der Waals surface area contributed by atoms with Gasteiger partial charge in [0.2, 0.25) is 5.91 Å².